The Kier molecular flexibility index (Phi) is 8.68. The predicted molar refractivity (Wildman–Crippen MR) is 130 cm³/mol. The van der Waals surface area contributed by atoms with Crippen LogP contribution in [-0.4, -0.2) is 77.8 Å². The molecule has 2 heterocycles. The van der Waals surface area contributed by atoms with Crippen molar-refractivity contribution in [3.63, 3.8) is 0 Å². The highest BCUT2D eigenvalue weighted by Gasteiger charge is 2.38. The number of nitrogens with zero attached hydrogens (tertiary/aromatic N) is 3. The molecule has 0 fully saturated rings. The highest BCUT2D eigenvalue weighted by Crippen LogP contribution is 2.34. The minimum Gasteiger partial charge on any atom is -0.487 e. The second kappa shape index (κ2) is 11.3. The molecule has 0 bridgehead atoms. The minimum atomic E-state index is -3.91. The highest BCUT2D eigenvalue weighted by atomic mass is 32.2. The van der Waals surface area contributed by atoms with Crippen LogP contribution < -0.4 is 4.74 Å². The molecule has 0 saturated heterocycles. The Morgan fingerprint density at radius 1 is 1.32 bits per heavy atom. The van der Waals surface area contributed by atoms with Gasteiger partial charge in [0, 0.05) is 49.6 Å². The molecule has 8 nitrogen and oxygen atoms in total. The summed E-state index contributed by atoms with van der Waals surface area (Å²) in [5.74, 6) is 5.60. The fraction of sp³-hybridized carbons (Fsp3) is 0.480. The van der Waals surface area contributed by atoms with Gasteiger partial charge in [0.1, 0.15) is 22.9 Å². The fourth-order valence-electron chi connectivity index (χ4n) is 3.88. The second-order valence-electron chi connectivity index (χ2n) is 8.90. The molecule has 1 aromatic heterocycles. The largest absolute Gasteiger partial charge is 0.487 e. The number of aliphatic hydroxyl groups excluding tert-OH is 2. The third-order valence-electron chi connectivity index (χ3n) is 5.76. The summed E-state index contributed by atoms with van der Waals surface area (Å²) in [6.45, 7) is 6.37. The zero-order valence-corrected chi connectivity index (χ0v) is 20.9. The second-order valence-corrected chi connectivity index (χ2v) is 10.8. The van der Waals surface area contributed by atoms with E-state index in [-0.39, 0.29) is 35.8 Å². The Balaban J connectivity index is 1.99. The first-order valence-corrected chi connectivity index (χ1v) is 12.8. The van der Waals surface area contributed by atoms with Gasteiger partial charge in [-0.25, -0.2) is 8.42 Å². The van der Waals surface area contributed by atoms with Crippen molar-refractivity contribution in [3.05, 3.63) is 53.9 Å². The molecule has 0 spiro atoms. The van der Waals surface area contributed by atoms with Crippen LogP contribution in [0.4, 0.5) is 0 Å². The Morgan fingerprint density at radius 2 is 2.09 bits per heavy atom. The highest BCUT2D eigenvalue weighted by molar-refractivity contribution is 7.89. The van der Waals surface area contributed by atoms with E-state index in [1.165, 1.54) is 10.4 Å². The van der Waals surface area contributed by atoms with Gasteiger partial charge >= 0.3 is 0 Å². The Hall–Kier alpha value is -2.48. The number of hydrogen-bond acceptors (Lipinski definition) is 7. The van der Waals surface area contributed by atoms with Gasteiger partial charge in [-0.1, -0.05) is 24.8 Å². The number of benzene rings is 1. The topological polar surface area (TPSA) is 103 Å². The molecule has 2 N–H and O–H groups in total. The van der Waals surface area contributed by atoms with Crippen LogP contribution in [0.25, 0.3) is 0 Å². The van der Waals surface area contributed by atoms with Crippen LogP contribution in [0.2, 0.25) is 0 Å². The van der Waals surface area contributed by atoms with Crippen molar-refractivity contribution >= 4 is 10.0 Å². The van der Waals surface area contributed by atoms with Gasteiger partial charge in [0.15, 0.2) is 0 Å². The standard InChI is InChI=1S/C25H33N3O5S/c1-18-14-28(19(2)17-29)34(31,32)25-10-9-21(8-7-20(3)30)12-23(25)33-24(18)16-27(4)15-22-6-5-11-26-13-22/h5-6,9-13,18-20,24,29-30H,14-17H2,1-4H3/t18-,19-,20-,24-/m1/s1. The lowest BCUT2D eigenvalue weighted by molar-refractivity contribution is 0.0733. The van der Waals surface area contributed by atoms with Crippen LogP contribution >= 0.6 is 0 Å². The molecule has 3 rings (SSSR count). The average Bonchev–Trinajstić information content (AvgIpc) is 2.80. The number of aromatic nitrogens is 1. The number of aliphatic hydroxyl groups is 2. The number of likely N-dealkylation sites (N-methyl/N-ethyl adjacent to an activating group) is 1. The Bertz CT molecular complexity index is 1130. The van der Waals surface area contributed by atoms with Crippen molar-refractivity contribution in [1.82, 2.24) is 14.2 Å². The van der Waals surface area contributed by atoms with Gasteiger partial charge < -0.3 is 14.9 Å². The molecule has 1 aliphatic rings. The van der Waals surface area contributed by atoms with Crippen molar-refractivity contribution < 1.29 is 23.4 Å². The quantitative estimate of drug-likeness (QED) is 0.598. The predicted octanol–water partition coefficient (Wildman–Crippen LogP) is 1.71. The van der Waals surface area contributed by atoms with E-state index < -0.39 is 22.2 Å². The van der Waals surface area contributed by atoms with Crippen molar-refractivity contribution in [3.8, 4) is 17.6 Å². The van der Waals surface area contributed by atoms with Crippen molar-refractivity contribution in [2.45, 2.75) is 50.5 Å². The van der Waals surface area contributed by atoms with Crippen LogP contribution in [0.5, 0.6) is 5.75 Å². The molecule has 0 aliphatic carbocycles. The maximum absolute atomic E-state index is 13.5. The maximum Gasteiger partial charge on any atom is 0.247 e. The van der Waals surface area contributed by atoms with Gasteiger partial charge in [0.25, 0.3) is 0 Å². The number of pyridine rings is 1. The molecule has 1 aliphatic heterocycles. The van der Waals surface area contributed by atoms with Crippen molar-refractivity contribution in [2.24, 2.45) is 5.92 Å². The van der Waals surface area contributed by atoms with Gasteiger partial charge in [0.05, 0.1) is 6.61 Å². The molecule has 184 valence electrons. The van der Waals surface area contributed by atoms with Crippen LogP contribution in [0.1, 0.15) is 31.9 Å². The van der Waals surface area contributed by atoms with E-state index >= 15 is 0 Å². The number of fused-ring (bicyclic) bond motifs is 1. The Labute approximate surface area is 202 Å². The zero-order valence-electron chi connectivity index (χ0n) is 20.0. The molecule has 4 atom stereocenters. The zero-order chi connectivity index (χ0) is 24.9. The first-order chi connectivity index (χ1) is 16.1. The van der Waals surface area contributed by atoms with Crippen LogP contribution in [-0.2, 0) is 16.6 Å². The summed E-state index contributed by atoms with van der Waals surface area (Å²) in [6.07, 6.45) is 2.43. The van der Waals surface area contributed by atoms with Crippen LogP contribution in [0.3, 0.4) is 0 Å². The summed E-state index contributed by atoms with van der Waals surface area (Å²) in [5, 5.41) is 19.3. The van der Waals surface area contributed by atoms with Crippen molar-refractivity contribution in [2.75, 3.05) is 26.7 Å². The van der Waals surface area contributed by atoms with Gasteiger partial charge in [-0.05, 0) is 50.7 Å². The van der Waals surface area contributed by atoms with E-state index in [0.29, 0.717) is 18.7 Å². The number of sulfonamides is 1. The summed E-state index contributed by atoms with van der Waals surface area (Å²) < 4.78 is 34.7. The smallest absolute Gasteiger partial charge is 0.247 e. The van der Waals surface area contributed by atoms with Gasteiger partial charge in [-0.3, -0.25) is 9.88 Å². The number of hydrogen-bond donors (Lipinski definition) is 2. The summed E-state index contributed by atoms with van der Waals surface area (Å²) in [7, 11) is -1.92. The number of rotatable bonds is 6. The van der Waals surface area contributed by atoms with Crippen LogP contribution in [0, 0.1) is 17.8 Å². The molecule has 0 radical (unpaired) electrons. The molecule has 0 saturated carbocycles. The number of ether oxygens (including phenoxy) is 1. The van der Waals surface area contributed by atoms with Crippen LogP contribution in [0.15, 0.2) is 47.6 Å². The van der Waals surface area contributed by atoms with E-state index in [1.54, 1.807) is 32.2 Å². The summed E-state index contributed by atoms with van der Waals surface area (Å²) in [6, 6.07) is 8.01. The molecule has 0 unspecified atom stereocenters. The van der Waals surface area contributed by atoms with Gasteiger partial charge in [-0.15, -0.1) is 0 Å². The molecule has 1 aromatic carbocycles. The fourth-order valence-corrected chi connectivity index (χ4v) is 5.71. The monoisotopic (exact) mass is 487 g/mol. The molecular formula is C25H33N3O5S. The lowest BCUT2D eigenvalue weighted by Crippen LogP contribution is -2.49. The summed E-state index contributed by atoms with van der Waals surface area (Å²) in [4.78, 5) is 6.32. The van der Waals surface area contributed by atoms with E-state index in [2.05, 4.69) is 21.7 Å². The van der Waals surface area contributed by atoms with E-state index in [0.717, 1.165) is 5.56 Å². The van der Waals surface area contributed by atoms with Gasteiger partial charge in [0.2, 0.25) is 10.0 Å². The normalized spacial score (nSPS) is 21.9. The van der Waals surface area contributed by atoms with E-state index in [1.807, 2.05) is 32.3 Å². The SMILES string of the molecule is C[C@@H]1CN([C@H](C)CO)S(=O)(=O)c2ccc(C#C[C@@H](C)O)cc2O[C@@H]1CN(C)Cc1cccnc1. The van der Waals surface area contributed by atoms with E-state index in [4.69, 9.17) is 4.74 Å². The lowest BCUT2D eigenvalue weighted by atomic mass is 10.0. The third-order valence-corrected chi connectivity index (χ3v) is 7.78. The van der Waals surface area contributed by atoms with Crippen molar-refractivity contribution in [1.29, 1.82) is 0 Å². The summed E-state index contributed by atoms with van der Waals surface area (Å²) in [5.41, 5.74) is 1.62. The summed E-state index contributed by atoms with van der Waals surface area (Å²) >= 11 is 0. The molecule has 2 aromatic rings. The molecule has 34 heavy (non-hydrogen) atoms. The van der Waals surface area contributed by atoms with Gasteiger partial charge in [-0.2, -0.15) is 4.31 Å². The Morgan fingerprint density at radius 3 is 2.74 bits per heavy atom. The lowest BCUT2D eigenvalue weighted by Gasteiger charge is -2.37. The first-order valence-electron chi connectivity index (χ1n) is 11.3. The first kappa shape index (κ1) is 26.1. The molecular weight excluding hydrogens is 454 g/mol. The molecule has 9 heteroatoms. The maximum atomic E-state index is 13.5. The molecule has 0 amide bonds. The van der Waals surface area contributed by atoms with E-state index in [9.17, 15) is 18.6 Å². The minimum absolute atomic E-state index is 0.0437. The third kappa shape index (κ3) is 6.34. The average molecular weight is 488 g/mol.